The zero-order valence-corrected chi connectivity index (χ0v) is 20.0. The van der Waals surface area contributed by atoms with Gasteiger partial charge in [0, 0.05) is 32.9 Å². The summed E-state index contributed by atoms with van der Waals surface area (Å²) < 4.78 is 0. The molecule has 1 amide bonds. The molecule has 4 rings (SSSR count). The van der Waals surface area contributed by atoms with Crippen molar-refractivity contribution >= 4 is 45.4 Å². The van der Waals surface area contributed by atoms with Crippen molar-refractivity contribution in [1.82, 2.24) is 4.98 Å². The first kappa shape index (κ1) is 23.0. The lowest BCUT2D eigenvalue weighted by molar-refractivity contribution is 0.102. The predicted octanol–water partition coefficient (Wildman–Crippen LogP) is 8.19. The summed E-state index contributed by atoms with van der Waals surface area (Å²) in [5, 5.41) is 9.77. The minimum Gasteiger partial charge on any atom is -0.332 e. The number of halogens is 1. The van der Waals surface area contributed by atoms with Gasteiger partial charge in [0.2, 0.25) is 0 Å². The average Bonchev–Trinajstić information content (AvgIpc) is 3.30. The largest absolute Gasteiger partial charge is 0.332 e. The molecular weight excluding hydrogens is 450 g/mol. The van der Waals surface area contributed by atoms with E-state index in [1.54, 1.807) is 0 Å². The van der Waals surface area contributed by atoms with Crippen molar-refractivity contribution in [2.45, 2.75) is 32.6 Å². The Bertz CT molecular complexity index is 1200. The highest BCUT2D eigenvalue weighted by Gasteiger charge is 2.09. The standard InChI is InChI=1S/C27H26ClN3OS/c1-2-3-4-6-19-9-11-20(12-10-19)26(32)29-24-8-5-7-21(17-24)25-18-33-27(31-25)30-23-15-13-22(28)14-16-23/h5,7-18H,2-4,6H2,1H3,(H,29,32)(H,30,31). The van der Waals surface area contributed by atoms with Crippen LogP contribution in [0.3, 0.4) is 0 Å². The summed E-state index contributed by atoms with van der Waals surface area (Å²) in [4.78, 5) is 17.4. The summed E-state index contributed by atoms with van der Waals surface area (Å²) in [5.74, 6) is -0.115. The van der Waals surface area contributed by atoms with Crippen LogP contribution in [0.25, 0.3) is 11.3 Å². The zero-order valence-electron chi connectivity index (χ0n) is 18.5. The van der Waals surface area contributed by atoms with Gasteiger partial charge in [0.05, 0.1) is 5.69 Å². The van der Waals surface area contributed by atoms with E-state index < -0.39 is 0 Å². The minimum atomic E-state index is -0.115. The number of aryl methyl sites for hydroxylation is 1. The third-order valence-electron chi connectivity index (χ3n) is 5.30. The molecule has 0 fully saturated rings. The van der Waals surface area contributed by atoms with E-state index in [2.05, 4.69) is 22.5 Å². The number of anilines is 3. The summed E-state index contributed by atoms with van der Waals surface area (Å²) >= 11 is 7.47. The molecule has 3 aromatic carbocycles. The van der Waals surface area contributed by atoms with E-state index in [1.807, 2.05) is 78.2 Å². The number of nitrogens with zero attached hydrogens (tertiary/aromatic N) is 1. The number of unbranched alkanes of at least 4 members (excludes halogenated alkanes) is 2. The van der Waals surface area contributed by atoms with Crippen molar-refractivity contribution in [1.29, 1.82) is 0 Å². The fourth-order valence-corrected chi connectivity index (χ4v) is 4.35. The molecule has 168 valence electrons. The molecule has 4 aromatic rings. The molecule has 2 N–H and O–H groups in total. The maximum absolute atomic E-state index is 12.7. The number of hydrogen-bond donors (Lipinski definition) is 2. The molecule has 6 heteroatoms. The Labute approximate surface area is 203 Å². The first-order chi connectivity index (χ1) is 16.1. The molecule has 0 radical (unpaired) electrons. The van der Waals surface area contributed by atoms with Crippen molar-refractivity contribution < 1.29 is 4.79 Å². The number of benzene rings is 3. The Balaban J connectivity index is 1.40. The van der Waals surface area contributed by atoms with Gasteiger partial charge in [-0.25, -0.2) is 4.98 Å². The van der Waals surface area contributed by atoms with Crippen LogP contribution in [0.1, 0.15) is 42.1 Å². The molecule has 0 saturated heterocycles. The van der Waals surface area contributed by atoms with E-state index in [1.165, 1.54) is 36.2 Å². The smallest absolute Gasteiger partial charge is 0.255 e. The van der Waals surface area contributed by atoms with Crippen LogP contribution < -0.4 is 10.6 Å². The Morgan fingerprint density at radius 3 is 2.52 bits per heavy atom. The fourth-order valence-electron chi connectivity index (χ4n) is 3.48. The molecule has 1 aromatic heterocycles. The molecule has 0 unspecified atom stereocenters. The van der Waals surface area contributed by atoms with Gasteiger partial charge >= 0.3 is 0 Å². The van der Waals surface area contributed by atoms with E-state index >= 15 is 0 Å². The average molecular weight is 476 g/mol. The molecule has 0 saturated carbocycles. The highest BCUT2D eigenvalue weighted by atomic mass is 35.5. The molecular formula is C27H26ClN3OS. The molecule has 4 nitrogen and oxygen atoms in total. The van der Waals surface area contributed by atoms with Gasteiger partial charge in [0.15, 0.2) is 5.13 Å². The van der Waals surface area contributed by atoms with Crippen LogP contribution in [0.2, 0.25) is 5.02 Å². The highest BCUT2D eigenvalue weighted by molar-refractivity contribution is 7.14. The SMILES string of the molecule is CCCCCc1ccc(C(=O)Nc2cccc(-c3csc(Nc4ccc(Cl)cc4)n3)c2)cc1. The second-order valence-corrected chi connectivity index (χ2v) is 9.15. The van der Waals surface area contributed by atoms with Gasteiger partial charge < -0.3 is 10.6 Å². The van der Waals surface area contributed by atoms with E-state index in [0.29, 0.717) is 10.6 Å². The van der Waals surface area contributed by atoms with E-state index in [9.17, 15) is 4.79 Å². The van der Waals surface area contributed by atoms with Gasteiger partial charge in [-0.1, -0.05) is 55.6 Å². The van der Waals surface area contributed by atoms with Gasteiger partial charge in [0.25, 0.3) is 5.91 Å². The van der Waals surface area contributed by atoms with Gasteiger partial charge in [0.1, 0.15) is 0 Å². The van der Waals surface area contributed by atoms with Crippen LogP contribution in [-0.4, -0.2) is 10.9 Å². The first-order valence-electron chi connectivity index (χ1n) is 11.1. The van der Waals surface area contributed by atoms with Crippen molar-refractivity contribution in [3.8, 4) is 11.3 Å². The third-order valence-corrected chi connectivity index (χ3v) is 6.31. The third kappa shape index (κ3) is 6.44. The van der Waals surface area contributed by atoms with Gasteiger partial charge in [-0.2, -0.15) is 0 Å². The lowest BCUT2D eigenvalue weighted by Gasteiger charge is -2.08. The molecule has 0 aliphatic heterocycles. The van der Waals surface area contributed by atoms with E-state index in [0.717, 1.165) is 34.2 Å². The normalized spacial score (nSPS) is 10.7. The van der Waals surface area contributed by atoms with Crippen molar-refractivity contribution in [3.63, 3.8) is 0 Å². The Morgan fingerprint density at radius 2 is 1.76 bits per heavy atom. The van der Waals surface area contributed by atoms with Gasteiger partial charge in [-0.05, 0) is 66.9 Å². The number of nitrogens with one attached hydrogen (secondary N) is 2. The van der Waals surface area contributed by atoms with Crippen LogP contribution in [0.5, 0.6) is 0 Å². The maximum Gasteiger partial charge on any atom is 0.255 e. The number of carbonyl (C=O) groups is 1. The fraction of sp³-hybridized carbons (Fsp3) is 0.185. The lowest BCUT2D eigenvalue weighted by Crippen LogP contribution is -2.11. The highest BCUT2D eigenvalue weighted by Crippen LogP contribution is 2.29. The van der Waals surface area contributed by atoms with Crippen molar-refractivity contribution in [2.75, 3.05) is 10.6 Å². The summed E-state index contributed by atoms with van der Waals surface area (Å²) in [6.07, 6.45) is 4.68. The van der Waals surface area contributed by atoms with Gasteiger partial charge in [-0.3, -0.25) is 4.79 Å². The number of carbonyl (C=O) groups excluding carboxylic acids is 1. The van der Waals surface area contributed by atoms with Crippen LogP contribution in [0.4, 0.5) is 16.5 Å². The van der Waals surface area contributed by atoms with E-state index in [4.69, 9.17) is 11.6 Å². The maximum atomic E-state index is 12.7. The quantitative estimate of drug-likeness (QED) is 0.240. The number of thiazole rings is 1. The van der Waals surface area contributed by atoms with Crippen LogP contribution in [0, 0.1) is 0 Å². The Hall–Kier alpha value is -3.15. The number of amides is 1. The summed E-state index contributed by atoms with van der Waals surface area (Å²) in [6.45, 7) is 2.20. The molecule has 0 aliphatic carbocycles. The van der Waals surface area contributed by atoms with Crippen molar-refractivity contribution in [3.05, 3.63) is 94.3 Å². The van der Waals surface area contributed by atoms with E-state index in [-0.39, 0.29) is 5.91 Å². The Morgan fingerprint density at radius 1 is 0.970 bits per heavy atom. The molecule has 0 aliphatic rings. The summed E-state index contributed by atoms with van der Waals surface area (Å²) in [7, 11) is 0. The predicted molar refractivity (Wildman–Crippen MR) is 140 cm³/mol. The van der Waals surface area contributed by atoms with Crippen molar-refractivity contribution in [2.24, 2.45) is 0 Å². The summed E-state index contributed by atoms with van der Waals surface area (Å²) in [5.41, 5.74) is 5.39. The number of rotatable bonds is 9. The molecule has 0 spiro atoms. The molecule has 0 atom stereocenters. The zero-order chi connectivity index (χ0) is 23.0. The Kier molecular flexibility index (Phi) is 7.76. The van der Waals surface area contributed by atoms with Crippen LogP contribution in [0.15, 0.2) is 78.2 Å². The topological polar surface area (TPSA) is 54.0 Å². The van der Waals surface area contributed by atoms with Gasteiger partial charge in [-0.15, -0.1) is 11.3 Å². The number of aromatic nitrogens is 1. The lowest BCUT2D eigenvalue weighted by atomic mass is 10.0. The van der Waals surface area contributed by atoms with Crippen LogP contribution in [-0.2, 0) is 6.42 Å². The second kappa shape index (κ2) is 11.1. The molecule has 33 heavy (non-hydrogen) atoms. The monoisotopic (exact) mass is 475 g/mol. The first-order valence-corrected chi connectivity index (χ1v) is 12.4. The molecule has 1 heterocycles. The molecule has 0 bridgehead atoms. The minimum absolute atomic E-state index is 0.115. The summed E-state index contributed by atoms with van der Waals surface area (Å²) in [6, 6.07) is 23.1. The number of hydrogen-bond acceptors (Lipinski definition) is 4. The van der Waals surface area contributed by atoms with Crippen LogP contribution >= 0.6 is 22.9 Å². The second-order valence-electron chi connectivity index (χ2n) is 7.86.